The summed E-state index contributed by atoms with van der Waals surface area (Å²) < 4.78 is 4.89. The molecule has 96 valence electrons. The summed E-state index contributed by atoms with van der Waals surface area (Å²) in [6.07, 6.45) is 1.40. The summed E-state index contributed by atoms with van der Waals surface area (Å²) in [5, 5.41) is 5.08. The molecule has 1 aromatic heterocycles. The molecule has 0 aliphatic heterocycles. The number of rotatable bonds is 5. The molecule has 2 amide bonds. The van der Waals surface area contributed by atoms with Crippen molar-refractivity contribution in [2.45, 2.75) is 13.0 Å². The SMILES string of the molecule is CC(NC(=O)c1ccco1)C(=O)NCCN.Cl. The monoisotopic (exact) mass is 261 g/mol. The van der Waals surface area contributed by atoms with Crippen molar-refractivity contribution in [1.82, 2.24) is 10.6 Å². The van der Waals surface area contributed by atoms with E-state index in [4.69, 9.17) is 10.2 Å². The molecule has 17 heavy (non-hydrogen) atoms. The normalized spacial score (nSPS) is 11.2. The number of carbonyl (C=O) groups excluding carboxylic acids is 2. The third-order valence-corrected chi connectivity index (χ3v) is 1.93. The molecule has 1 unspecified atom stereocenters. The minimum atomic E-state index is -0.621. The van der Waals surface area contributed by atoms with E-state index in [-0.39, 0.29) is 24.1 Å². The molecule has 1 heterocycles. The van der Waals surface area contributed by atoms with Crippen LogP contribution in [0.4, 0.5) is 0 Å². The molecule has 0 aromatic carbocycles. The summed E-state index contributed by atoms with van der Waals surface area (Å²) >= 11 is 0. The van der Waals surface area contributed by atoms with E-state index in [0.717, 1.165) is 0 Å². The number of amides is 2. The van der Waals surface area contributed by atoms with Crippen LogP contribution in [0, 0.1) is 0 Å². The Labute approximate surface area is 105 Å². The van der Waals surface area contributed by atoms with Gasteiger partial charge in [-0.2, -0.15) is 0 Å². The highest BCUT2D eigenvalue weighted by atomic mass is 35.5. The third-order valence-electron chi connectivity index (χ3n) is 1.93. The summed E-state index contributed by atoms with van der Waals surface area (Å²) in [6, 6.07) is 2.51. The zero-order valence-electron chi connectivity index (χ0n) is 9.43. The highest BCUT2D eigenvalue weighted by molar-refractivity contribution is 5.95. The Kier molecular flexibility index (Phi) is 7.00. The minimum absolute atomic E-state index is 0. The van der Waals surface area contributed by atoms with Crippen LogP contribution in [0.15, 0.2) is 22.8 Å². The number of carbonyl (C=O) groups is 2. The summed E-state index contributed by atoms with van der Waals surface area (Å²) in [6.45, 7) is 2.34. The predicted octanol–water partition coefficient (Wildman–Crippen LogP) is -0.105. The van der Waals surface area contributed by atoms with Crippen LogP contribution in [0.2, 0.25) is 0 Å². The Bertz CT molecular complexity index is 354. The van der Waals surface area contributed by atoms with E-state index < -0.39 is 11.9 Å². The van der Waals surface area contributed by atoms with Crippen LogP contribution in [0.25, 0.3) is 0 Å². The Hall–Kier alpha value is -1.53. The standard InChI is InChI=1S/C10H15N3O3.ClH/c1-7(9(14)12-5-4-11)13-10(15)8-3-2-6-16-8;/h2-3,6-7H,4-5,11H2,1H3,(H,12,14)(H,13,15);1H. The van der Waals surface area contributed by atoms with Crippen LogP contribution in [-0.2, 0) is 4.79 Å². The maximum atomic E-state index is 11.5. The molecule has 0 radical (unpaired) electrons. The van der Waals surface area contributed by atoms with Crippen molar-refractivity contribution in [2.75, 3.05) is 13.1 Å². The second kappa shape index (κ2) is 7.70. The zero-order valence-corrected chi connectivity index (χ0v) is 10.3. The lowest BCUT2D eigenvalue weighted by atomic mass is 10.3. The first-order valence-electron chi connectivity index (χ1n) is 4.97. The van der Waals surface area contributed by atoms with Crippen LogP contribution in [-0.4, -0.2) is 30.9 Å². The molecule has 0 aliphatic carbocycles. The molecule has 0 bridgehead atoms. The fourth-order valence-corrected chi connectivity index (χ4v) is 1.09. The molecule has 1 aromatic rings. The van der Waals surface area contributed by atoms with Crippen molar-refractivity contribution in [1.29, 1.82) is 0 Å². The lowest BCUT2D eigenvalue weighted by Gasteiger charge is -2.12. The van der Waals surface area contributed by atoms with E-state index in [1.54, 1.807) is 13.0 Å². The lowest BCUT2D eigenvalue weighted by Crippen LogP contribution is -2.45. The number of halogens is 1. The van der Waals surface area contributed by atoms with E-state index in [9.17, 15) is 9.59 Å². The third kappa shape index (κ3) is 4.88. The highest BCUT2D eigenvalue weighted by Gasteiger charge is 2.17. The number of nitrogens with one attached hydrogen (secondary N) is 2. The Morgan fingerprint density at radius 2 is 2.24 bits per heavy atom. The Morgan fingerprint density at radius 3 is 2.76 bits per heavy atom. The summed E-state index contributed by atoms with van der Waals surface area (Å²) in [5.74, 6) is -0.510. The van der Waals surface area contributed by atoms with E-state index in [1.807, 2.05) is 0 Å². The first kappa shape index (κ1) is 15.5. The van der Waals surface area contributed by atoms with Gasteiger partial charge in [-0.05, 0) is 19.1 Å². The number of furan rings is 1. The number of nitrogens with two attached hydrogens (primary N) is 1. The van der Waals surface area contributed by atoms with E-state index in [0.29, 0.717) is 13.1 Å². The maximum absolute atomic E-state index is 11.5. The number of hydrogen-bond donors (Lipinski definition) is 3. The molecule has 1 atom stereocenters. The van der Waals surface area contributed by atoms with Gasteiger partial charge in [0.05, 0.1) is 6.26 Å². The fraction of sp³-hybridized carbons (Fsp3) is 0.400. The molecule has 0 saturated heterocycles. The maximum Gasteiger partial charge on any atom is 0.287 e. The van der Waals surface area contributed by atoms with Crippen molar-refractivity contribution in [3.63, 3.8) is 0 Å². The molecule has 1 rings (SSSR count). The zero-order chi connectivity index (χ0) is 12.0. The first-order chi connectivity index (χ1) is 7.65. The minimum Gasteiger partial charge on any atom is -0.459 e. The van der Waals surface area contributed by atoms with Gasteiger partial charge in [0.2, 0.25) is 5.91 Å². The summed E-state index contributed by atoms with van der Waals surface area (Å²) in [7, 11) is 0. The van der Waals surface area contributed by atoms with Gasteiger partial charge < -0.3 is 20.8 Å². The summed E-state index contributed by atoms with van der Waals surface area (Å²) in [5.41, 5.74) is 5.24. The van der Waals surface area contributed by atoms with Gasteiger partial charge in [0.15, 0.2) is 5.76 Å². The molecule has 7 heteroatoms. The molecule has 6 nitrogen and oxygen atoms in total. The van der Waals surface area contributed by atoms with Crippen molar-refractivity contribution in [3.05, 3.63) is 24.2 Å². The van der Waals surface area contributed by atoms with Gasteiger partial charge in [-0.3, -0.25) is 9.59 Å². The van der Waals surface area contributed by atoms with Gasteiger partial charge >= 0.3 is 0 Å². The largest absolute Gasteiger partial charge is 0.459 e. The molecule has 0 saturated carbocycles. The Balaban J connectivity index is 0.00000256. The van der Waals surface area contributed by atoms with Crippen molar-refractivity contribution in [3.8, 4) is 0 Å². The van der Waals surface area contributed by atoms with Gasteiger partial charge in [0.25, 0.3) is 5.91 Å². The lowest BCUT2D eigenvalue weighted by molar-refractivity contribution is -0.122. The van der Waals surface area contributed by atoms with Gasteiger partial charge in [-0.1, -0.05) is 0 Å². The Morgan fingerprint density at radius 1 is 1.53 bits per heavy atom. The quantitative estimate of drug-likeness (QED) is 0.689. The fourth-order valence-electron chi connectivity index (χ4n) is 1.09. The van der Waals surface area contributed by atoms with Gasteiger partial charge in [-0.15, -0.1) is 12.4 Å². The topological polar surface area (TPSA) is 97.4 Å². The predicted molar refractivity (Wildman–Crippen MR) is 64.9 cm³/mol. The summed E-state index contributed by atoms with van der Waals surface area (Å²) in [4.78, 5) is 22.9. The van der Waals surface area contributed by atoms with E-state index in [1.165, 1.54) is 12.3 Å². The highest BCUT2D eigenvalue weighted by Crippen LogP contribution is 1.99. The molecule has 0 spiro atoms. The van der Waals surface area contributed by atoms with Crippen LogP contribution in [0.1, 0.15) is 17.5 Å². The van der Waals surface area contributed by atoms with Crippen LogP contribution in [0.5, 0.6) is 0 Å². The smallest absolute Gasteiger partial charge is 0.287 e. The van der Waals surface area contributed by atoms with Crippen molar-refractivity contribution < 1.29 is 14.0 Å². The van der Waals surface area contributed by atoms with Gasteiger partial charge in [0, 0.05) is 13.1 Å². The van der Waals surface area contributed by atoms with Crippen LogP contribution in [0.3, 0.4) is 0 Å². The molecular weight excluding hydrogens is 246 g/mol. The average molecular weight is 262 g/mol. The van der Waals surface area contributed by atoms with E-state index >= 15 is 0 Å². The van der Waals surface area contributed by atoms with Crippen molar-refractivity contribution in [2.24, 2.45) is 5.73 Å². The molecular formula is C10H16ClN3O3. The first-order valence-corrected chi connectivity index (χ1v) is 4.97. The van der Waals surface area contributed by atoms with Gasteiger partial charge in [0.1, 0.15) is 6.04 Å². The van der Waals surface area contributed by atoms with Crippen LogP contribution < -0.4 is 16.4 Å². The number of hydrogen-bond acceptors (Lipinski definition) is 4. The molecule has 0 aliphatic rings. The average Bonchev–Trinajstić information content (AvgIpc) is 2.79. The van der Waals surface area contributed by atoms with Crippen LogP contribution >= 0.6 is 12.4 Å². The molecule has 4 N–H and O–H groups in total. The van der Waals surface area contributed by atoms with Crippen molar-refractivity contribution >= 4 is 24.2 Å². The second-order valence-corrected chi connectivity index (χ2v) is 3.25. The van der Waals surface area contributed by atoms with Gasteiger partial charge in [-0.25, -0.2) is 0 Å². The second-order valence-electron chi connectivity index (χ2n) is 3.25. The molecule has 0 fully saturated rings. The van der Waals surface area contributed by atoms with E-state index in [2.05, 4.69) is 10.6 Å².